The Hall–Kier alpha value is -1.76. The second kappa shape index (κ2) is 6.16. The van der Waals surface area contributed by atoms with E-state index in [1.165, 1.54) is 0 Å². The normalized spacial score (nSPS) is 11.4. The summed E-state index contributed by atoms with van der Waals surface area (Å²) < 4.78 is 43.5. The molecule has 3 nitrogen and oxygen atoms in total. The van der Waals surface area contributed by atoms with Gasteiger partial charge in [-0.05, 0) is 47.5 Å². The third-order valence-corrected chi connectivity index (χ3v) is 3.86. The van der Waals surface area contributed by atoms with Crippen molar-refractivity contribution in [2.75, 3.05) is 12.4 Å². The van der Waals surface area contributed by atoms with Crippen molar-refractivity contribution in [2.45, 2.75) is 20.0 Å². The lowest BCUT2D eigenvalue weighted by atomic mass is 10.1. The van der Waals surface area contributed by atoms with Gasteiger partial charge in [0.1, 0.15) is 11.6 Å². The van der Waals surface area contributed by atoms with E-state index in [1.807, 2.05) is 26.0 Å². The topological polar surface area (TPSA) is 34.1 Å². The Bertz CT molecular complexity index is 702. The fourth-order valence-electron chi connectivity index (χ4n) is 2.04. The number of nitrogens with one attached hydrogen (secondary N) is 1. The number of methoxy groups -OCH3 is 1. The highest BCUT2D eigenvalue weighted by Crippen LogP contribution is 2.35. The molecule has 1 aromatic heterocycles. The summed E-state index contributed by atoms with van der Waals surface area (Å²) in [6.45, 7) is 3.76. The van der Waals surface area contributed by atoms with Crippen LogP contribution in [0.25, 0.3) is 0 Å². The number of ether oxygens (including phenoxy) is 1. The van der Waals surface area contributed by atoms with E-state index >= 15 is 0 Å². The lowest BCUT2D eigenvalue weighted by Gasteiger charge is -2.16. The molecule has 0 saturated carbocycles. The Morgan fingerprint density at radius 1 is 1.23 bits per heavy atom. The molecule has 0 aliphatic heterocycles. The molecule has 7 heteroatoms. The smallest absolute Gasteiger partial charge is 0.417 e. The molecule has 1 N–H and O–H groups in total. The van der Waals surface area contributed by atoms with E-state index in [0.717, 1.165) is 29.1 Å². The molecule has 0 saturated heterocycles. The highest BCUT2D eigenvalue weighted by molar-refractivity contribution is 9.10. The van der Waals surface area contributed by atoms with Gasteiger partial charge in [-0.1, -0.05) is 6.07 Å². The summed E-state index contributed by atoms with van der Waals surface area (Å²) in [4.78, 5) is 3.86. The van der Waals surface area contributed by atoms with Crippen LogP contribution in [0.1, 0.15) is 16.7 Å². The van der Waals surface area contributed by atoms with E-state index in [4.69, 9.17) is 4.74 Å². The van der Waals surface area contributed by atoms with Crippen molar-refractivity contribution >= 4 is 27.4 Å². The highest BCUT2D eigenvalue weighted by Gasteiger charge is 2.31. The number of pyridine rings is 1. The van der Waals surface area contributed by atoms with Gasteiger partial charge >= 0.3 is 6.18 Å². The van der Waals surface area contributed by atoms with Gasteiger partial charge in [0, 0.05) is 17.4 Å². The number of benzene rings is 1. The maximum absolute atomic E-state index is 12.7. The van der Waals surface area contributed by atoms with Gasteiger partial charge < -0.3 is 10.1 Å². The summed E-state index contributed by atoms with van der Waals surface area (Å²) in [6, 6.07) is 4.71. The van der Waals surface area contributed by atoms with E-state index in [9.17, 15) is 13.2 Å². The first-order valence-corrected chi connectivity index (χ1v) is 7.17. The SMILES string of the molecule is COc1ccc(C)c(Nc2ncc(C(F)(F)F)cc2Br)c1C. The molecule has 22 heavy (non-hydrogen) atoms. The molecule has 118 valence electrons. The fourth-order valence-corrected chi connectivity index (χ4v) is 2.49. The maximum Gasteiger partial charge on any atom is 0.417 e. The molecule has 0 bridgehead atoms. The molecule has 0 radical (unpaired) electrons. The molecule has 0 atom stereocenters. The zero-order valence-electron chi connectivity index (χ0n) is 12.2. The first-order valence-electron chi connectivity index (χ1n) is 6.38. The maximum atomic E-state index is 12.7. The Kier molecular flexibility index (Phi) is 4.65. The summed E-state index contributed by atoms with van der Waals surface area (Å²) in [6.07, 6.45) is -3.62. The number of hydrogen-bond donors (Lipinski definition) is 1. The molecule has 2 rings (SSSR count). The third-order valence-electron chi connectivity index (χ3n) is 3.26. The lowest BCUT2D eigenvalue weighted by Crippen LogP contribution is -2.07. The summed E-state index contributed by atoms with van der Waals surface area (Å²) >= 11 is 3.13. The van der Waals surface area contributed by atoms with Crippen molar-refractivity contribution in [2.24, 2.45) is 0 Å². The van der Waals surface area contributed by atoms with Crippen LogP contribution in [0, 0.1) is 13.8 Å². The number of aryl methyl sites for hydroxylation is 1. The van der Waals surface area contributed by atoms with Gasteiger partial charge in [0.05, 0.1) is 17.1 Å². The summed E-state index contributed by atoms with van der Waals surface area (Å²) in [5.41, 5.74) is 1.75. The van der Waals surface area contributed by atoms with Crippen molar-refractivity contribution < 1.29 is 17.9 Å². The van der Waals surface area contributed by atoms with Crippen molar-refractivity contribution in [3.8, 4) is 5.75 Å². The number of halogens is 4. The van der Waals surface area contributed by atoms with E-state index in [-0.39, 0.29) is 4.47 Å². The third kappa shape index (κ3) is 3.35. The predicted octanol–water partition coefficient (Wildman–Crippen LogP) is 5.23. The van der Waals surface area contributed by atoms with E-state index in [2.05, 4.69) is 26.2 Å². The quantitative estimate of drug-likeness (QED) is 0.798. The number of rotatable bonds is 3. The lowest BCUT2D eigenvalue weighted by molar-refractivity contribution is -0.137. The van der Waals surface area contributed by atoms with E-state index < -0.39 is 11.7 Å². The average Bonchev–Trinajstić information content (AvgIpc) is 2.44. The van der Waals surface area contributed by atoms with Gasteiger partial charge in [-0.3, -0.25) is 0 Å². The molecule has 0 amide bonds. The van der Waals surface area contributed by atoms with Crippen LogP contribution in [0.4, 0.5) is 24.7 Å². The van der Waals surface area contributed by atoms with Gasteiger partial charge in [-0.25, -0.2) is 4.98 Å². The van der Waals surface area contributed by atoms with Crippen LogP contribution >= 0.6 is 15.9 Å². The molecule has 0 aliphatic carbocycles. The van der Waals surface area contributed by atoms with Gasteiger partial charge in [-0.15, -0.1) is 0 Å². The molecule has 1 heterocycles. The number of nitrogens with zero attached hydrogens (tertiary/aromatic N) is 1. The molecule has 2 aromatic rings. The second-order valence-electron chi connectivity index (χ2n) is 4.76. The Balaban J connectivity index is 2.40. The standard InChI is InChI=1S/C15H14BrF3N2O/c1-8-4-5-12(22-3)9(2)13(8)21-14-11(16)6-10(7-20-14)15(17,18)19/h4-7H,1-3H3,(H,20,21). The molecule has 0 unspecified atom stereocenters. The first-order chi connectivity index (χ1) is 10.2. The minimum atomic E-state index is -4.42. The van der Waals surface area contributed by atoms with Crippen molar-refractivity contribution in [1.29, 1.82) is 0 Å². The number of hydrogen-bond acceptors (Lipinski definition) is 3. The average molecular weight is 375 g/mol. The summed E-state index contributed by atoms with van der Waals surface area (Å²) in [5, 5.41) is 3.06. The minimum Gasteiger partial charge on any atom is -0.496 e. The van der Waals surface area contributed by atoms with Gasteiger partial charge in [-0.2, -0.15) is 13.2 Å². The Morgan fingerprint density at radius 2 is 1.91 bits per heavy atom. The second-order valence-corrected chi connectivity index (χ2v) is 5.62. The molecule has 0 spiro atoms. The van der Waals surface area contributed by atoms with Crippen LogP contribution in [-0.4, -0.2) is 12.1 Å². The van der Waals surface area contributed by atoms with Gasteiger partial charge in [0.2, 0.25) is 0 Å². The zero-order valence-corrected chi connectivity index (χ0v) is 13.8. The van der Waals surface area contributed by atoms with E-state index in [0.29, 0.717) is 11.6 Å². The fraction of sp³-hybridized carbons (Fsp3) is 0.267. The number of anilines is 2. The van der Waals surface area contributed by atoms with Crippen LogP contribution in [0.3, 0.4) is 0 Å². The minimum absolute atomic E-state index is 0.240. The van der Waals surface area contributed by atoms with Crippen LogP contribution in [0.2, 0.25) is 0 Å². The molecule has 0 aliphatic rings. The van der Waals surface area contributed by atoms with Crippen molar-refractivity contribution in [1.82, 2.24) is 4.98 Å². The largest absolute Gasteiger partial charge is 0.496 e. The van der Waals surface area contributed by atoms with Crippen LogP contribution < -0.4 is 10.1 Å². The zero-order chi connectivity index (χ0) is 16.5. The Labute approximate surface area is 134 Å². The molecule has 1 aromatic carbocycles. The van der Waals surface area contributed by atoms with Crippen molar-refractivity contribution in [3.05, 3.63) is 45.6 Å². The van der Waals surface area contributed by atoms with Crippen LogP contribution in [-0.2, 0) is 6.18 Å². The van der Waals surface area contributed by atoms with E-state index in [1.54, 1.807) is 7.11 Å². The van der Waals surface area contributed by atoms with Gasteiger partial charge in [0.25, 0.3) is 0 Å². The van der Waals surface area contributed by atoms with Crippen molar-refractivity contribution in [3.63, 3.8) is 0 Å². The molecular formula is C15H14BrF3N2O. The Morgan fingerprint density at radius 3 is 2.45 bits per heavy atom. The number of alkyl halides is 3. The molecule has 0 fully saturated rings. The van der Waals surface area contributed by atoms with Crippen LogP contribution in [0.15, 0.2) is 28.9 Å². The summed E-state index contributed by atoms with van der Waals surface area (Å²) in [7, 11) is 1.56. The highest BCUT2D eigenvalue weighted by atomic mass is 79.9. The predicted molar refractivity (Wildman–Crippen MR) is 82.7 cm³/mol. The monoisotopic (exact) mass is 374 g/mol. The van der Waals surface area contributed by atoms with Gasteiger partial charge in [0.15, 0.2) is 0 Å². The number of aromatic nitrogens is 1. The molecular weight excluding hydrogens is 361 g/mol. The summed E-state index contributed by atoms with van der Waals surface area (Å²) in [5.74, 6) is 1.00. The van der Waals surface area contributed by atoms with Crippen LogP contribution in [0.5, 0.6) is 5.75 Å². The first kappa shape index (κ1) is 16.6.